The molecule has 5 rings (SSSR count). The normalized spacial score (nSPS) is 23.8. The summed E-state index contributed by atoms with van der Waals surface area (Å²) >= 11 is 0. The highest BCUT2D eigenvalue weighted by molar-refractivity contribution is 5.83. The van der Waals surface area contributed by atoms with Crippen LogP contribution in [0.5, 0.6) is 5.75 Å². The van der Waals surface area contributed by atoms with Crippen molar-refractivity contribution < 1.29 is 9.53 Å². The topological polar surface area (TPSA) is 29.5 Å². The fourth-order valence-corrected chi connectivity index (χ4v) is 5.45. The Balaban J connectivity index is 1.54. The maximum Gasteiger partial charge on any atom is 0.315 e. The molecular formula is C29H29NO2. The zero-order valence-electron chi connectivity index (χ0n) is 18.6. The highest BCUT2D eigenvalue weighted by atomic mass is 16.5. The minimum atomic E-state index is -0.144. The Hall–Kier alpha value is -3.33. The second-order valence-corrected chi connectivity index (χ2v) is 8.65. The average molecular weight is 424 g/mol. The van der Waals surface area contributed by atoms with E-state index in [9.17, 15) is 4.79 Å². The number of hydrogen-bond donors (Lipinski definition) is 0. The van der Waals surface area contributed by atoms with Gasteiger partial charge in [0.2, 0.25) is 0 Å². The van der Waals surface area contributed by atoms with E-state index in [1.807, 2.05) is 18.2 Å². The van der Waals surface area contributed by atoms with E-state index in [1.165, 1.54) is 11.1 Å². The molecule has 4 atom stereocenters. The Morgan fingerprint density at radius 3 is 2.22 bits per heavy atom. The molecule has 32 heavy (non-hydrogen) atoms. The fraction of sp³-hybridized carbons (Fsp3) is 0.276. The van der Waals surface area contributed by atoms with Gasteiger partial charge in [0.05, 0.1) is 5.92 Å². The lowest BCUT2D eigenvalue weighted by molar-refractivity contribution is -0.148. The van der Waals surface area contributed by atoms with Gasteiger partial charge in [-0.15, -0.1) is 0 Å². The number of carbonyl (C=O) groups is 1. The minimum absolute atomic E-state index is 0.0996. The summed E-state index contributed by atoms with van der Waals surface area (Å²) in [6.07, 6.45) is 4.50. The second-order valence-electron chi connectivity index (χ2n) is 8.65. The van der Waals surface area contributed by atoms with Gasteiger partial charge in [-0.25, -0.2) is 0 Å². The quantitative estimate of drug-likeness (QED) is 0.345. The first-order chi connectivity index (χ1) is 15.7. The van der Waals surface area contributed by atoms with E-state index in [-0.39, 0.29) is 29.6 Å². The molecule has 0 radical (unpaired) electrons. The number of allylic oxidation sites excluding steroid dienone is 1. The van der Waals surface area contributed by atoms with Gasteiger partial charge >= 0.3 is 5.97 Å². The molecule has 0 bridgehead atoms. The molecule has 1 fully saturated rings. The zero-order valence-corrected chi connectivity index (χ0v) is 18.6. The van der Waals surface area contributed by atoms with Crippen LogP contribution in [0.2, 0.25) is 0 Å². The van der Waals surface area contributed by atoms with Crippen molar-refractivity contribution in [3.05, 3.63) is 102 Å². The Labute approximate surface area is 190 Å². The molecule has 3 aromatic rings. The average Bonchev–Trinajstić information content (AvgIpc) is 2.81. The molecule has 1 aliphatic heterocycles. The molecule has 3 nitrogen and oxygen atoms in total. The molecule has 0 N–H and O–H groups in total. The standard InChI is InChI=1S/C29H29NO2/c1-3-30(4-2)22-16-18-23-25(19-22)32-29(31)28-26(21-13-9-6-10-14-21)24(27(23)28)17-15-20-11-7-5-8-12-20/h5-19,24,26-28H,3-4H2,1-2H3. The summed E-state index contributed by atoms with van der Waals surface area (Å²) in [4.78, 5) is 15.5. The van der Waals surface area contributed by atoms with Gasteiger partial charge in [0.25, 0.3) is 0 Å². The van der Waals surface area contributed by atoms with Crippen molar-refractivity contribution in [3.63, 3.8) is 0 Å². The van der Waals surface area contributed by atoms with Crippen molar-refractivity contribution in [3.8, 4) is 5.75 Å². The molecule has 2 aliphatic rings. The van der Waals surface area contributed by atoms with Gasteiger partial charge < -0.3 is 9.64 Å². The summed E-state index contributed by atoms with van der Waals surface area (Å²) in [5.74, 6) is 0.997. The van der Waals surface area contributed by atoms with Crippen molar-refractivity contribution in [1.29, 1.82) is 0 Å². The van der Waals surface area contributed by atoms with Crippen molar-refractivity contribution >= 4 is 17.7 Å². The number of hydrogen-bond acceptors (Lipinski definition) is 3. The first kappa shape index (κ1) is 20.6. The SMILES string of the molecule is CCN(CC)c1ccc2c(c1)OC(=O)C1C(c3ccccc3)C(C=Cc3ccccc3)C21. The van der Waals surface area contributed by atoms with Crippen LogP contribution >= 0.6 is 0 Å². The molecule has 0 aromatic heterocycles. The number of ether oxygens (including phenoxy) is 1. The third-order valence-corrected chi connectivity index (χ3v) is 7.07. The Morgan fingerprint density at radius 1 is 0.844 bits per heavy atom. The number of anilines is 1. The van der Waals surface area contributed by atoms with Crippen molar-refractivity contribution in [2.45, 2.75) is 25.7 Å². The molecule has 1 saturated carbocycles. The van der Waals surface area contributed by atoms with E-state index in [0.717, 1.165) is 30.1 Å². The summed E-state index contributed by atoms with van der Waals surface area (Å²) in [6, 6.07) is 27.2. The lowest BCUT2D eigenvalue weighted by Crippen LogP contribution is -2.50. The Bertz CT molecular complexity index is 1120. The van der Waals surface area contributed by atoms with Crippen LogP contribution in [0.25, 0.3) is 6.08 Å². The Kier molecular flexibility index (Phi) is 5.57. The summed E-state index contributed by atoms with van der Waals surface area (Å²) in [7, 11) is 0. The van der Waals surface area contributed by atoms with Gasteiger partial charge in [-0.05, 0) is 42.5 Å². The van der Waals surface area contributed by atoms with E-state index in [1.54, 1.807) is 0 Å². The molecule has 1 aliphatic carbocycles. The van der Waals surface area contributed by atoms with Gasteiger partial charge in [0.1, 0.15) is 5.75 Å². The maximum absolute atomic E-state index is 13.2. The third kappa shape index (κ3) is 3.52. The molecule has 0 amide bonds. The van der Waals surface area contributed by atoms with E-state index in [4.69, 9.17) is 4.74 Å². The minimum Gasteiger partial charge on any atom is -0.426 e. The number of benzene rings is 3. The summed E-state index contributed by atoms with van der Waals surface area (Å²) in [6.45, 7) is 6.14. The van der Waals surface area contributed by atoms with Crippen LogP contribution in [0.4, 0.5) is 5.69 Å². The van der Waals surface area contributed by atoms with Crippen LogP contribution < -0.4 is 9.64 Å². The molecule has 4 unspecified atom stereocenters. The first-order valence-electron chi connectivity index (χ1n) is 11.6. The molecule has 1 heterocycles. The fourth-order valence-electron chi connectivity index (χ4n) is 5.45. The van der Waals surface area contributed by atoms with E-state index in [2.05, 4.69) is 91.6 Å². The maximum atomic E-state index is 13.2. The van der Waals surface area contributed by atoms with Gasteiger partial charge in [-0.3, -0.25) is 4.79 Å². The summed E-state index contributed by atoms with van der Waals surface area (Å²) < 4.78 is 5.92. The number of fused-ring (bicyclic) bond motifs is 3. The van der Waals surface area contributed by atoms with Crippen LogP contribution in [0.15, 0.2) is 84.9 Å². The van der Waals surface area contributed by atoms with E-state index < -0.39 is 0 Å². The second kappa shape index (κ2) is 8.66. The highest BCUT2D eigenvalue weighted by Gasteiger charge is 2.57. The lowest BCUT2D eigenvalue weighted by atomic mass is 9.51. The van der Waals surface area contributed by atoms with E-state index >= 15 is 0 Å². The lowest BCUT2D eigenvalue weighted by Gasteiger charge is -2.52. The van der Waals surface area contributed by atoms with Crippen molar-refractivity contribution in [2.75, 3.05) is 18.0 Å². The van der Waals surface area contributed by atoms with Crippen LogP contribution in [0, 0.1) is 11.8 Å². The monoisotopic (exact) mass is 423 g/mol. The largest absolute Gasteiger partial charge is 0.426 e. The van der Waals surface area contributed by atoms with Gasteiger partial charge in [-0.1, -0.05) is 78.9 Å². The number of esters is 1. The van der Waals surface area contributed by atoms with Gasteiger partial charge in [-0.2, -0.15) is 0 Å². The number of rotatable bonds is 6. The van der Waals surface area contributed by atoms with Crippen LogP contribution in [0.1, 0.15) is 42.4 Å². The first-order valence-corrected chi connectivity index (χ1v) is 11.6. The molecule has 3 aromatic carbocycles. The van der Waals surface area contributed by atoms with Crippen molar-refractivity contribution in [2.24, 2.45) is 11.8 Å². The zero-order chi connectivity index (χ0) is 22.1. The summed E-state index contributed by atoms with van der Waals surface area (Å²) in [5, 5.41) is 0. The van der Waals surface area contributed by atoms with Crippen LogP contribution in [0.3, 0.4) is 0 Å². The number of carbonyl (C=O) groups excluding carboxylic acids is 1. The third-order valence-electron chi connectivity index (χ3n) is 7.07. The molecule has 0 spiro atoms. The smallest absolute Gasteiger partial charge is 0.315 e. The Morgan fingerprint density at radius 2 is 1.53 bits per heavy atom. The van der Waals surface area contributed by atoms with Crippen LogP contribution in [-0.4, -0.2) is 19.1 Å². The van der Waals surface area contributed by atoms with Gasteiger partial charge in [0.15, 0.2) is 0 Å². The molecule has 0 saturated heterocycles. The molecule has 162 valence electrons. The highest BCUT2D eigenvalue weighted by Crippen LogP contribution is 2.62. The van der Waals surface area contributed by atoms with E-state index in [0.29, 0.717) is 0 Å². The molecule has 3 heteroatoms. The summed E-state index contributed by atoms with van der Waals surface area (Å²) in [5.41, 5.74) is 4.64. The molecular weight excluding hydrogens is 394 g/mol. The van der Waals surface area contributed by atoms with Crippen molar-refractivity contribution in [1.82, 2.24) is 0 Å². The predicted molar refractivity (Wildman–Crippen MR) is 130 cm³/mol. The predicted octanol–water partition coefficient (Wildman–Crippen LogP) is 6.28. The number of nitrogens with zero attached hydrogens (tertiary/aromatic N) is 1. The van der Waals surface area contributed by atoms with Gasteiger partial charge in [0, 0.05) is 36.7 Å². The van der Waals surface area contributed by atoms with Crippen LogP contribution in [-0.2, 0) is 4.79 Å².